The zero-order valence-electron chi connectivity index (χ0n) is 12.1. The van der Waals surface area contributed by atoms with Gasteiger partial charge in [0.2, 0.25) is 0 Å². The summed E-state index contributed by atoms with van der Waals surface area (Å²) in [4.78, 5) is 0. The van der Waals surface area contributed by atoms with Crippen LogP contribution in [0.3, 0.4) is 0 Å². The maximum absolute atomic E-state index is 4.74. The summed E-state index contributed by atoms with van der Waals surface area (Å²) in [6, 6.07) is 3.49. The Morgan fingerprint density at radius 1 is 1.21 bits per heavy atom. The van der Waals surface area contributed by atoms with Crippen molar-refractivity contribution < 1.29 is 0 Å². The molecule has 0 saturated heterocycles. The molecule has 0 aromatic carbocycles. The Morgan fingerprint density at radius 3 is 2.63 bits per heavy atom. The second kappa shape index (κ2) is 6.08. The van der Waals surface area contributed by atoms with E-state index in [1.165, 1.54) is 57.1 Å². The average Bonchev–Trinajstić information content (AvgIpc) is 3.14. The quantitative estimate of drug-likeness (QED) is 0.876. The van der Waals surface area contributed by atoms with Gasteiger partial charge in [-0.25, -0.2) is 0 Å². The Hall–Kier alpha value is -0.830. The van der Waals surface area contributed by atoms with E-state index in [1.807, 2.05) is 0 Å². The van der Waals surface area contributed by atoms with E-state index in [4.69, 9.17) is 5.10 Å². The molecule has 0 spiro atoms. The minimum Gasteiger partial charge on any atom is -0.308 e. The van der Waals surface area contributed by atoms with E-state index >= 15 is 0 Å². The average molecular weight is 261 g/mol. The second-order valence-corrected chi connectivity index (χ2v) is 6.44. The summed E-state index contributed by atoms with van der Waals surface area (Å²) in [5, 5.41) is 8.41. The monoisotopic (exact) mass is 261 g/mol. The van der Waals surface area contributed by atoms with Gasteiger partial charge in [0.1, 0.15) is 0 Å². The summed E-state index contributed by atoms with van der Waals surface area (Å²) >= 11 is 0. The van der Waals surface area contributed by atoms with Gasteiger partial charge in [-0.3, -0.25) is 4.68 Å². The molecule has 1 N–H and O–H groups in total. The molecule has 0 unspecified atom stereocenters. The van der Waals surface area contributed by atoms with Crippen LogP contribution in [0.5, 0.6) is 0 Å². The van der Waals surface area contributed by atoms with Gasteiger partial charge in [0.25, 0.3) is 0 Å². The van der Waals surface area contributed by atoms with Crippen molar-refractivity contribution >= 4 is 0 Å². The maximum Gasteiger partial charge on any atom is 0.0762 e. The van der Waals surface area contributed by atoms with Crippen LogP contribution in [0.1, 0.15) is 70.0 Å². The van der Waals surface area contributed by atoms with Crippen molar-refractivity contribution in [3.8, 4) is 0 Å². The van der Waals surface area contributed by atoms with Gasteiger partial charge in [0.15, 0.2) is 0 Å². The third kappa shape index (κ3) is 3.19. The van der Waals surface area contributed by atoms with E-state index in [9.17, 15) is 0 Å². The number of nitrogens with zero attached hydrogens (tertiary/aromatic N) is 2. The van der Waals surface area contributed by atoms with Crippen molar-refractivity contribution in [3.63, 3.8) is 0 Å². The Morgan fingerprint density at radius 2 is 1.89 bits per heavy atom. The molecule has 0 amide bonds. The zero-order valence-corrected chi connectivity index (χ0v) is 12.1. The van der Waals surface area contributed by atoms with E-state index in [1.54, 1.807) is 0 Å². The van der Waals surface area contributed by atoms with E-state index in [-0.39, 0.29) is 0 Å². The fourth-order valence-electron chi connectivity index (χ4n) is 3.73. The molecule has 1 heterocycles. The van der Waals surface area contributed by atoms with E-state index in [0.29, 0.717) is 12.1 Å². The summed E-state index contributed by atoms with van der Waals surface area (Å²) in [6.45, 7) is 3.27. The van der Waals surface area contributed by atoms with Crippen LogP contribution in [0.25, 0.3) is 0 Å². The molecule has 0 aliphatic heterocycles. The number of hydrogen-bond acceptors (Lipinski definition) is 2. The van der Waals surface area contributed by atoms with Crippen LogP contribution in [-0.4, -0.2) is 15.8 Å². The molecule has 0 bridgehead atoms. The summed E-state index contributed by atoms with van der Waals surface area (Å²) < 4.78 is 2.20. The Bertz CT molecular complexity index is 386. The lowest BCUT2D eigenvalue weighted by atomic mass is 10.00. The third-order valence-corrected chi connectivity index (χ3v) is 5.07. The summed E-state index contributed by atoms with van der Waals surface area (Å²) in [5.41, 5.74) is 1.21. The van der Waals surface area contributed by atoms with Crippen molar-refractivity contribution in [2.24, 2.45) is 5.92 Å². The molecule has 3 rings (SSSR count). The minimum atomic E-state index is 0.638. The second-order valence-electron chi connectivity index (χ2n) is 6.44. The molecular weight excluding hydrogens is 234 g/mol. The van der Waals surface area contributed by atoms with Crippen molar-refractivity contribution in [3.05, 3.63) is 18.0 Å². The van der Waals surface area contributed by atoms with Crippen LogP contribution >= 0.6 is 0 Å². The maximum atomic E-state index is 4.74. The molecule has 106 valence electrons. The Kier molecular flexibility index (Phi) is 4.21. The SMILES string of the molecule is C[C@H](NCc1ccn(C2CCCC2)n1)C1CCCC1. The molecule has 1 atom stereocenters. The Balaban J connectivity index is 1.49. The first-order valence-corrected chi connectivity index (χ1v) is 8.10. The van der Waals surface area contributed by atoms with Gasteiger partial charge in [0, 0.05) is 18.8 Å². The lowest BCUT2D eigenvalue weighted by Crippen LogP contribution is -2.31. The van der Waals surface area contributed by atoms with Gasteiger partial charge in [-0.1, -0.05) is 25.7 Å². The molecular formula is C16H27N3. The van der Waals surface area contributed by atoms with Crippen LogP contribution in [0.15, 0.2) is 12.3 Å². The largest absolute Gasteiger partial charge is 0.308 e. The van der Waals surface area contributed by atoms with Crippen molar-refractivity contribution in [1.82, 2.24) is 15.1 Å². The number of hydrogen-bond donors (Lipinski definition) is 1. The first kappa shape index (κ1) is 13.2. The molecule has 3 heteroatoms. The zero-order chi connectivity index (χ0) is 13.1. The third-order valence-electron chi connectivity index (χ3n) is 5.07. The highest BCUT2D eigenvalue weighted by Crippen LogP contribution is 2.29. The summed E-state index contributed by atoms with van der Waals surface area (Å²) in [7, 11) is 0. The van der Waals surface area contributed by atoms with Crippen molar-refractivity contribution in [2.75, 3.05) is 0 Å². The van der Waals surface area contributed by atoms with Gasteiger partial charge in [0.05, 0.1) is 11.7 Å². The highest BCUT2D eigenvalue weighted by molar-refractivity contribution is 5.00. The molecule has 0 radical (unpaired) electrons. The number of aromatic nitrogens is 2. The minimum absolute atomic E-state index is 0.638. The van der Waals surface area contributed by atoms with Crippen LogP contribution < -0.4 is 5.32 Å². The van der Waals surface area contributed by atoms with Crippen LogP contribution in [-0.2, 0) is 6.54 Å². The van der Waals surface area contributed by atoms with Gasteiger partial charge >= 0.3 is 0 Å². The first-order valence-electron chi connectivity index (χ1n) is 8.10. The van der Waals surface area contributed by atoms with Crippen LogP contribution in [0, 0.1) is 5.92 Å². The fourth-order valence-corrected chi connectivity index (χ4v) is 3.73. The molecule has 19 heavy (non-hydrogen) atoms. The molecule has 3 nitrogen and oxygen atoms in total. The van der Waals surface area contributed by atoms with Gasteiger partial charge < -0.3 is 5.32 Å². The predicted molar refractivity (Wildman–Crippen MR) is 78.0 cm³/mol. The Labute approximate surface area is 116 Å². The highest BCUT2D eigenvalue weighted by Gasteiger charge is 2.21. The first-order chi connectivity index (χ1) is 9.33. The molecule has 1 aromatic heterocycles. The molecule has 2 aliphatic rings. The molecule has 2 saturated carbocycles. The van der Waals surface area contributed by atoms with E-state index in [2.05, 4.69) is 29.2 Å². The van der Waals surface area contributed by atoms with Gasteiger partial charge in [-0.2, -0.15) is 5.10 Å². The van der Waals surface area contributed by atoms with Crippen LogP contribution in [0.2, 0.25) is 0 Å². The number of rotatable bonds is 5. The predicted octanol–water partition coefficient (Wildman–Crippen LogP) is 3.67. The highest BCUT2D eigenvalue weighted by atomic mass is 15.3. The lowest BCUT2D eigenvalue weighted by Gasteiger charge is -2.19. The standard InChI is InChI=1S/C16H27N3/c1-13(14-6-2-3-7-14)17-12-15-10-11-19(18-15)16-8-4-5-9-16/h10-11,13-14,16-17H,2-9,12H2,1H3/t13-/m0/s1. The molecule has 1 aromatic rings. The van der Waals surface area contributed by atoms with Crippen LogP contribution in [0.4, 0.5) is 0 Å². The summed E-state index contributed by atoms with van der Waals surface area (Å²) in [6.07, 6.45) is 13.2. The topological polar surface area (TPSA) is 29.9 Å². The molecule has 2 aliphatic carbocycles. The van der Waals surface area contributed by atoms with E-state index in [0.717, 1.165) is 12.5 Å². The number of nitrogens with one attached hydrogen (secondary N) is 1. The lowest BCUT2D eigenvalue weighted by molar-refractivity contribution is 0.376. The summed E-state index contributed by atoms with van der Waals surface area (Å²) in [5.74, 6) is 0.886. The van der Waals surface area contributed by atoms with Crippen molar-refractivity contribution in [1.29, 1.82) is 0 Å². The van der Waals surface area contributed by atoms with E-state index < -0.39 is 0 Å². The molecule has 2 fully saturated rings. The van der Waals surface area contributed by atoms with Gasteiger partial charge in [-0.15, -0.1) is 0 Å². The van der Waals surface area contributed by atoms with Gasteiger partial charge in [-0.05, 0) is 44.6 Å². The fraction of sp³-hybridized carbons (Fsp3) is 0.812. The van der Waals surface area contributed by atoms with Crippen molar-refractivity contribution in [2.45, 2.75) is 76.9 Å². The normalized spacial score (nSPS) is 23.2. The smallest absolute Gasteiger partial charge is 0.0762 e.